The number of carbonyl (C=O) groups excluding carboxylic acids is 2. The molecule has 5 heteroatoms. The van der Waals surface area contributed by atoms with Gasteiger partial charge in [-0.1, -0.05) is 25.5 Å². The van der Waals surface area contributed by atoms with E-state index in [1.165, 1.54) is 0 Å². The molecule has 0 fully saturated rings. The maximum atomic E-state index is 12.7. The van der Waals surface area contributed by atoms with Gasteiger partial charge in [0.05, 0.1) is 11.3 Å². The molecule has 2 aromatic carbocycles. The maximum Gasteiger partial charge on any atom is 0.255 e. The monoisotopic (exact) mass is 367 g/mol. The Morgan fingerprint density at radius 1 is 1.00 bits per heavy atom. The van der Waals surface area contributed by atoms with Crippen molar-refractivity contribution in [2.24, 2.45) is 0 Å². The van der Waals surface area contributed by atoms with E-state index < -0.39 is 0 Å². The Morgan fingerprint density at radius 3 is 2.30 bits per heavy atom. The van der Waals surface area contributed by atoms with E-state index in [2.05, 4.69) is 29.4 Å². The summed E-state index contributed by atoms with van der Waals surface area (Å²) in [6.07, 6.45) is 2.30. The number of rotatable bonds is 8. The van der Waals surface area contributed by atoms with Gasteiger partial charge in [0.25, 0.3) is 11.8 Å². The highest BCUT2D eigenvalue weighted by Gasteiger charge is 2.16. The van der Waals surface area contributed by atoms with Crippen LogP contribution in [0.25, 0.3) is 0 Å². The van der Waals surface area contributed by atoms with Crippen LogP contribution in [-0.4, -0.2) is 32.0 Å². The van der Waals surface area contributed by atoms with Crippen molar-refractivity contribution >= 4 is 23.2 Å². The lowest BCUT2D eigenvalue weighted by Crippen LogP contribution is -2.24. The molecule has 144 valence electrons. The van der Waals surface area contributed by atoms with Gasteiger partial charge in [-0.25, -0.2) is 0 Å². The first-order chi connectivity index (χ1) is 13.0. The molecule has 0 atom stereocenters. The molecule has 0 heterocycles. The SMILES string of the molecule is CCCCN(CC)c1ccc(C(=O)Nc2cccc(C)c2C(=O)NC)cc1. The molecule has 2 aromatic rings. The van der Waals surface area contributed by atoms with Crippen molar-refractivity contribution in [1.82, 2.24) is 5.32 Å². The largest absolute Gasteiger partial charge is 0.372 e. The number of aryl methyl sites for hydroxylation is 1. The van der Waals surface area contributed by atoms with E-state index in [0.717, 1.165) is 37.2 Å². The minimum atomic E-state index is -0.228. The first-order valence-corrected chi connectivity index (χ1v) is 9.49. The third-order valence-corrected chi connectivity index (χ3v) is 4.63. The van der Waals surface area contributed by atoms with E-state index in [4.69, 9.17) is 0 Å². The van der Waals surface area contributed by atoms with Crippen molar-refractivity contribution in [3.05, 3.63) is 59.2 Å². The second-order valence-electron chi connectivity index (χ2n) is 6.51. The topological polar surface area (TPSA) is 61.4 Å². The second-order valence-corrected chi connectivity index (χ2v) is 6.51. The van der Waals surface area contributed by atoms with Crippen LogP contribution >= 0.6 is 0 Å². The molecule has 27 heavy (non-hydrogen) atoms. The molecule has 2 N–H and O–H groups in total. The molecule has 0 aliphatic rings. The normalized spacial score (nSPS) is 10.4. The van der Waals surface area contributed by atoms with E-state index in [-0.39, 0.29) is 11.8 Å². The molecule has 0 saturated heterocycles. The zero-order valence-electron chi connectivity index (χ0n) is 16.6. The van der Waals surface area contributed by atoms with Crippen LogP contribution in [0.5, 0.6) is 0 Å². The number of hydrogen-bond acceptors (Lipinski definition) is 3. The lowest BCUT2D eigenvalue weighted by atomic mass is 10.1. The lowest BCUT2D eigenvalue weighted by molar-refractivity contribution is 0.0963. The summed E-state index contributed by atoms with van der Waals surface area (Å²) >= 11 is 0. The Balaban J connectivity index is 2.18. The van der Waals surface area contributed by atoms with Crippen molar-refractivity contribution in [2.45, 2.75) is 33.6 Å². The van der Waals surface area contributed by atoms with Gasteiger partial charge in [0.2, 0.25) is 0 Å². The van der Waals surface area contributed by atoms with Crippen LogP contribution in [0.15, 0.2) is 42.5 Å². The van der Waals surface area contributed by atoms with Gasteiger partial charge in [0.1, 0.15) is 0 Å². The Kier molecular flexibility index (Phi) is 7.41. The van der Waals surface area contributed by atoms with Gasteiger partial charge in [-0.2, -0.15) is 0 Å². The number of anilines is 2. The Hall–Kier alpha value is -2.82. The standard InChI is InChI=1S/C22H29N3O2/c1-5-7-15-25(6-2)18-13-11-17(12-14-18)21(26)24-19-10-8-9-16(3)20(19)22(27)23-4/h8-14H,5-7,15H2,1-4H3,(H,23,27)(H,24,26). The van der Waals surface area contributed by atoms with E-state index in [9.17, 15) is 9.59 Å². The predicted octanol–water partition coefficient (Wildman–Crippen LogP) is 4.23. The second kappa shape index (κ2) is 9.76. The van der Waals surface area contributed by atoms with E-state index in [1.54, 1.807) is 13.1 Å². The number of amides is 2. The number of benzene rings is 2. The molecule has 0 saturated carbocycles. The summed E-state index contributed by atoms with van der Waals surface area (Å²) in [5.41, 5.74) is 3.50. The van der Waals surface area contributed by atoms with Crippen LogP contribution in [-0.2, 0) is 0 Å². The molecule has 2 rings (SSSR count). The average Bonchev–Trinajstić information content (AvgIpc) is 2.68. The highest BCUT2D eigenvalue weighted by Crippen LogP contribution is 2.21. The Bertz CT molecular complexity index is 785. The van der Waals surface area contributed by atoms with Crippen LogP contribution in [0.2, 0.25) is 0 Å². The minimum absolute atomic E-state index is 0.215. The summed E-state index contributed by atoms with van der Waals surface area (Å²) in [6, 6.07) is 13.0. The van der Waals surface area contributed by atoms with Crippen molar-refractivity contribution in [2.75, 3.05) is 30.4 Å². The zero-order valence-corrected chi connectivity index (χ0v) is 16.6. The van der Waals surface area contributed by atoms with Crippen molar-refractivity contribution in [3.8, 4) is 0 Å². The summed E-state index contributed by atoms with van der Waals surface area (Å²) in [5.74, 6) is -0.442. The molecule has 2 amide bonds. The number of carbonyl (C=O) groups is 2. The van der Waals surface area contributed by atoms with Gasteiger partial charge >= 0.3 is 0 Å². The quantitative estimate of drug-likeness (QED) is 0.734. The van der Waals surface area contributed by atoms with Gasteiger partial charge in [-0.05, 0) is 56.2 Å². The molecule has 0 spiro atoms. The van der Waals surface area contributed by atoms with E-state index >= 15 is 0 Å². The molecule has 0 aliphatic carbocycles. The highest BCUT2D eigenvalue weighted by atomic mass is 16.2. The molecule has 0 aliphatic heterocycles. The number of nitrogens with zero attached hydrogens (tertiary/aromatic N) is 1. The molecular formula is C22H29N3O2. The number of hydrogen-bond donors (Lipinski definition) is 2. The lowest BCUT2D eigenvalue weighted by Gasteiger charge is -2.23. The van der Waals surface area contributed by atoms with Gasteiger partial charge < -0.3 is 15.5 Å². The van der Waals surface area contributed by atoms with Crippen LogP contribution in [0.3, 0.4) is 0 Å². The average molecular weight is 367 g/mol. The highest BCUT2D eigenvalue weighted by molar-refractivity contribution is 6.09. The summed E-state index contributed by atoms with van der Waals surface area (Å²) < 4.78 is 0. The first kappa shape index (κ1) is 20.5. The van der Waals surface area contributed by atoms with Crippen LogP contribution in [0, 0.1) is 6.92 Å². The summed E-state index contributed by atoms with van der Waals surface area (Å²) in [6.45, 7) is 8.11. The molecule has 0 radical (unpaired) electrons. The van der Waals surface area contributed by atoms with Crippen molar-refractivity contribution in [1.29, 1.82) is 0 Å². The van der Waals surface area contributed by atoms with Crippen molar-refractivity contribution in [3.63, 3.8) is 0 Å². The minimum Gasteiger partial charge on any atom is -0.372 e. The molecule has 0 unspecified atom stereocenters. The van der Waals surface area contributed by atoms with E-state index in [1.807, 2.05) is 43.3 Å². The fourth-order valence-electron chi connectivity index (χ4n) is 3.04. The predicted molar refractivity (Wildman–Crippen MR) is 112 cm³/mol. The molecule has 0 aromatic heterocycles. The van der Waals surface area contributed by atoms with Gasteiger partial charge in [-0.15, -0.1) is 0 Å². The van der Waals surface area contributed by atoms with Crippen LogP contribution in [0.1, 0.15) is 53.0 Å². The Labute approximate surface area is 161 Å². The maximum absolute atomic E-state index is 12.7. The van der Waals surface area contributed by atoms with Gasteiger partial charge in [0, 0.05) is 31.4 Å². The van der Waals surface area contributed by atoms with Crippen LogP contribution in [0.4, 0.5) is 11.4 Å². The number of nitrogens with one attached hydrogen (secondary N) is 2. The fraction of sp³-hybridized carbons (Fsp3) is 0.364. The first-order valence-electron chi connectivity index (χ1n) is 9.49. The van der Waals surface area contributed by atoms with Gasteiger partial charge in [-0.3, -0.25) is 9.59 Å². The van der Waals surface area contributed by atoms with E-state index in [0.29, 0.717) is 16.8 Å². The smallest absolute Gasteiger partial charge is 0.255 e. The third kappa shape index (κ3) is 5.09. The summed E-state index contributed by atoms with van der Waals surface area (Å²) in [4.78, 5) is 27.1. The summed E-state index contributed by atoms with van der Waals surface area (Å²) in [5, 5.41) is 5.49. The van der Waals surface area contributed by atoms with Crippen molar-refractivity contribution < 1.29 is 9.59 Å². The third-order valence-electron chi connectivity index (χ3n) is 4.63. The molecule has 5 nitrogen and oxygen atoms in total. The van der Waals surface area contributed by atoms with Crippen LogP contribution < -0.4 is 15.5 Å². The summed E-state index contributed by atoms with van der Waals surface area (Å²) in [7, 11) is 1.58. The molecule has 0 bridgehead atoms. The Morgan fingerprint density at radius 2 is 1.70 bits per heavy atom. The number of unbranched alkanes of at least 4 members (excludes halogenated alkanes) is 1. The fourth-order valence-corrected chi connectivity index (χ4v) is 3.04. The zero-order chi connectivity index (χ0) is 19.8. The molecular weight excluding hydrogens is 338 g/mol. The van der Waals surface area contributed by atoms with Gasteiger partial charge in [0.15, 0.2) is 0 Å².